The molecule has 5 heteroatoms. The van der Waals surface area contributed by atoms with Crippen LogP contribution in [-0.2, 0) is 21.7 Å². The lowest BCUT2D eigenvalue weighted by atomic mass is 9.33. The molecule has 2 aliphatic carbocycles. The van der Waals surface area contributed by atoms with Crippen molar-refractivity contribution in [2.45, 2.75) is 110 Å². The number of nitrogens with zero attached hydrogens (tertiary/aromatic N) is 3. The van der Waals surface area contributed by atoms with Crippen LogP contribution < -0.4 is 31.1 Å². The summed E-state index contributed by atoms with van der Waals surface area (Å²) in [7, 11) is 0. The molecular formula is C65H62BN3O. The highest BCUT2D eigenvalue weighted by Gasteiger charge is 2.48. The summed E-state index contributed by atoms with van der Waals surface area (Å²) in [6.07, 6.45) is 3.44. The summed E-state index contributed by atoms with van der Waals surface area (Å²) in [6.45, 7) is 24.3. The van der Waals surface area contributed by atoms with Crippen LogP contribution in [0.3, 0.4) is 0 Å². The second-order valence-electron chi connectivity index (χ2n) is 23.7. The van der Waals surface area contributed by atoms with Gasteiger partial charge in [-0.1, -0.05) is 128 Å². The minimum Gasteiger partial charge on any atom is -0.456 e. The minimum atomic E-state index is -0.0229. The molecule has 0 unspecified atom stereocenters. The van der Waals surface area contributed by atoms with E-state index < -0.39 is 0 Å². The van der Waals surface area contributed by atoms with Gasteiger partial charge in [0.05, 0.1) is 0 Å². The maximum absolute atomic E-state index is 6.69. The van der Waals surface area contributed by atoms with Crippen molar-refractivity contribution < 1.29 is 4.42 Å². The van der Waals surface area contributed by atoms with E-state index in [1.807, 2.05) is 0 Å². The minimum absolute atomic E-state index is 0.0229. The molecule has 70 heavy (non-hydrogen) atoms. The summed E-state index contributed by atoms with van der Waals surface area (Å²) in [5.74, 6) is 0. The zero-order chi connectivity index (χ0) is 48.2. The largest absolute Gasteiger partial charge is 0.456 e. The van der Waals surface area contributed by atoms with Crippen LogP contribution in [0.2, 0.25) is 0 Å². The van der Waals surface area contributed by atoms with Crippen LogP contribution in [0.1, 0.15) is 108 Å². The van der Waals surface area contributed by atoms with Crippen molar-refractivity contribution >= 4 is 96.2 Å². The number of para-hydroxylation sites is 3. The molecule has 0 radical (unpaired) electrons. The molecule has 4 nitrogen and oxygen atoms in total. The van der Waals surface area contributed by atoms with Crippen molar-refractivity contribution in [2.75, 3.05) is 14.7 Å². The molecule has 0 N–H and O–H groups in total. The second kappa shape index (κ2) is 14.8. The van der Waals surface area contributed by atoms with Crippen molar-refractivity contribution in [1.82, 2.24) is 0 Å². The van der Waals surface area contributed by atoms with Gasteiger partial charge in [-0.15, -0.1) is 0 Å². The van der Waals surface area contributed by atoms with Gasteiger partial charge in [-0.25, -0.2) is 0 Å². The summed E-state index contributed by atoms with van der Waals surface area (Å²) < 4.78 is 6.69. The molecule has 3 heterocycles. The van der Waals surface area contributed by atoms with Gasteiger partial charge in [0.2, 0.25) is 0 Å². The predicted molar refractivity (Wildman–Crippen MR) is 298 cm³/mol. The number of hydrogen-bond acceptors (Lipinski definition) is 4. The summed E-state index contributed by atoms with van der Waals surface area (Å²) in [6, 6.07) is 59.5. The Morgan fingerprint density at radius 1 is 0.443 bits per heavy atom. The zero-order valence-electron chi connectivity index (χ0n) is 42.5. The second-order valence-corrected chi connectivity index (χ2v) is 23.7. The number of furan rings is 1. The van der Waals surface area contributed by atoms with E-state index in [-0.39, 0.29) is 28.4 Å². The van der Waals surface area contributed by atoms with Crippen molar-refractivity contribution in [3.8, 4) is 0 Å². The van der Waals surface area contributed by atoms with Crippen LogP contribution in [-0.4, -0.2) is 6.71 Å². The molecule has 0 spiro atoms. The normalized spacial score (nSPS) is 17.5. The Balaban J connectivity index is 1.13. The lowest BCUT2D eigenvalue weighted by molar-refractivity contribution is 0.332. The average molecular weight is 912 g/mol. The predicted octanol–water partition coefficient (Wildman–Crippen LogP) is 16.1. The van der Waals surface area contributed by atoms with Gasteiger partial charge < -0.3 is 19.1 Å². The maximum Gasteiger partial charge on any atom is 0.252 e. The fraction of sp³-hybridized carbons (Fsp3) is 0.262. The molecule has 0 saturated heterocycles. The van der Waals surface area contributed by atoms with Gasteiger partial charge in [0.25, 0.3) is 6.71 Å². The molecule has 2 aliphatic heterocycles. The standard InChI is InChI=1S/C65H62BN3O/c1-40-31-57-61-58(32-40)69(54-37-51-48(33-41(54)2)64(7,8)39-65(51,9)10)56-38-50-49(62(3,4)29-30-63(50,5)6)36-53(56)66(61)52-28-26-44(67(42-19-13-11-14-20-42)43-21-15-12-16-22-43)34-55(52)68(57)45-25-27-47-46-23-17-18-24-59(46)70-60(47)35-45/h11-28,31-38H,29-30,39H2,1-10H3. The number of fused-ring (bicyclic) bond motifs is 9. The smallest absolute Gasteiger partial charge is 0.252 e. The molecule has 13 rings (SSSR count). The third kappa shape index (κ3) is 6.29. The third-order valence-corrected chi connectivity index (χ3v) is 17.0. The van der Waals surface area contributed by atoms with Gasteiger partial charge in [-0.05, 0) is 183 Å². The Morgan fingerprint density at radius 3 is 1.69 bits per heavy atom. The Hall–Kier alpha value is -6.98. The Kier molecular flexibility index (Phi) is 9.09. The summed E-state index contributed by atoms with van der Waals surface area (Å²) in [5, 5.41) is 2.26. The highest BCUT2D eigenvalue weighted by molar-refractivity contribution is 7.00. The van der Waals surface area contributed by atoms with Crippen LogP contribution in [0.4, 0.5) is 51.2 Å². The molecule has 9 aromatic rings. The number of anilines is 9. The molecule has 0 amide bonds. The van der Waals surface area contributed by atoms with Crippen molar-refractivity contribution in [2.24, 2.45) is 0 Å². The molecule has 0 saturated carbocycles. The summed E-state index contributed by atoms with van der Waals surface area (Å²) in [4.78, 5) is 7.64. The Morgan fingerprint density at radius 2 is 1.00 bits per heavy atom. The molecule has 8 aromatic carbocycles. The van der Waals surface area contributed by atoms with E-state index in [0.717, 1.165) is 64.0 Å². The van der Waals surface area contributed by atoms with Crippen molar-refractivity contribution in [3.63, 3.8) is 0 Å². The van der Waals surface area contributed by atoms with Gasteiger partial charge in [0.15, 0.2) is 0 Å². The number of rotatable bonds is 5. The number of benzene rings is 8. The topological polar surface area (TPSA) is 22.9 Å². The van der Waals surface area contributed by atoms with Crippen molar-refractivity contribution in [3.05, 3.63) is 191 Å². The van der Waals surface area contributed by atoms with E-state index in [4.69, 9.17) is 4.42 Å². The van der Waals surface area contributed by atoms with E-state index in [1.54, 1.807) is 0 Å². The first-order chi connectivity index (χ1) is 33.5. The highest BCUT2D eigenvalue weighted by Crippen LogP contribution is 2.55. The quantitative estimate of drug-likeness (QED) is 0.161. The van der Waals surface area contributed by atoms with Gasteiger partial charge in [0.1, 0.15) is 11.2 Å². The average Bonchev–Trinajstić information content (AvgIpc) is 3.79. The van der Waals surface area contributed by atoms with Crippen LogP contribution in [0, 0.1) is 13.8 Å². The maximum atomic E-state index is 6.69. The molecule has 1 aromatic heterocycles. The number of hydrogen-bond donors (Lipinski definition) is 0. The van der Waals surface area contributed by atoms with E-state index in [9.17, 15) is 0 Å². The van der Waals surface area contributed by atoms with E-state index in [2.05, 4.69) is 242 Å². The zero-order valence-corrected chi connectivity index (χ0v) is 42.5. The molecular weight excluding hydrogens is 850 g/mol. The van der Waals surface area contributed by atoms with Gasteiger partial charge >= 0.3 is 0 Å². The van der Waals surface area contributed by atoms with E-state index in [0.29, 0.717) is 0 Å². The highest BCUT2D eigenvalue weighted by atomic mass is 16.3. The first-order valence-electron chi connectivity index (χ1n) is 25.5. The van der Waals surface area contributed by atoms with Gasteiger partial charge in [-0.2, -0.15) is 0 Å². The Bertz CT molecular complexity index is 3600. The van der Waals surface area contributed by atoms with E-state index >= 15 is 0 Å². The van der Waals surface area contributed by atoms with Crippen LogP contribution in [0.5, 0.6) is 0 Å². The monoisotopic (exact) mass is 911 g/mol. The van der Waals surface area contributed by atoms with Crippen LogP contribution >= 0.6 is 0 Å². The Labute approximate surface area is 414 Å². The first kappa shape index (κ1) is 43.1. The summed E-state index contributed by atoms with van der Waals surface area (Å²) >= 11 is 0. The molecule has 346 valence electrons. The van der Waals surface area contributed by atoms with E-state index in [1.165, 1.54) is 78.2 Å². The molecule has 0 fully saturated rings. The SMILES string of the molecule is Cc1cc2c3c(c1)N(c1cc4c(cc1C)C(C)(C)CC4(C)C)c1cc4c(cc1B3c1ccc(N(c3ccccc3)c3ccccc3)cc1N2c1ccc2c(c1)oc1ccccc12)C(C)(C)CCC4(C)C. The van der Waals surface area contributed by atoms with Gasteiger partial charge in [-0.3, -0.25) is 0 Å². The molecule has 0 bridgehead atoms. The number of aryl methyl sites for hydroxylation is 2. The van der Waals surface area contributed by atoms with Crippen molar-refractivity contribution in [1.29, 1.82) is 0 Å². The third-order valence-electron chi connectivity index (χ3n) is 17.0. The fourth-order valence-corrected chi connectivity index (χ4v) is 13.7. The molecule has 4 aliphatic rings. The summed E-state index contributed by atoms with van der Waals surface area (Å²) in [5.41, 5.74) is 25.2. The van der Waals surface area contributed by atoms with Crippen LogP contribution in [0.15, 0.2) is 162 Å². The van der Waals surface area contributed by atoms with Crippen LogP contribution in [0.25, 0.3) is 21.9 Å². The molecule has 0 atom stereocenters. The van der Waals surface area contributed by atoms with Gasteiger partial charge in [0, 0.05) is 68.0 Å². The fourth-order valence-electron chi connectivity index (χ4n) is 13.7. The lowest BCUT2D eigenvalue weighted by Crippen LogP contribution is -2.62. The first-order valence-corrected chi connectivity index (χ1v) is 25.5. The lowest BCUT2D eigenvalue weighted by Gasteiger charge is -2.48.